The van der Waals surface area contributed by atoms with Gasteiger partial charge in [0.1, 0.15) is 0 Å². The molecule has 1 aliphatic rings. The molecular weight excluding hydrogens is 282 g/mol. The fourth-order valence-electron chi connectivity index (χ4n) is 1.93. The van der Waals surface area contributed by atoms with Crippen molar-refractivity contribution in [2.75, 3.05) is 11.9 Å². The highest BCUT2D eigenvalue weighted by molar-refractivity contribution is 5.98. The Bertz CT molecular complexity index is 563. The van der Waals surface area contributed by atoms with Crippen LogP contribution in [0.4, 0.5) is 5.69 Å². The third-order valence-electron chi connectivity index (χ3n) is 3.22. The Morgan fingerprint density at radius 1 is 1.14 bits per heavy atom. The smallest absolute Gasteiger partial charge is 0.251 e. The number of benzene rings is 1. The molecular formula is C16H21N3O3. The summed E-state index contributed by atoms with van der Waals surface area (Å²) in [7, 11) is 0. The molecule has 0 atom stereocenters. The van der Waals surface area contributed by atoms with E-state index in [1.54, 1.807) is 24.3 Å². The van der Waals surface area contributed by atoms with E-state index in [1.165, 1.54) is 0 Å². The predicted molar refractivity (Wildman–Crippen MR) is 83.4 cm³/mol. The molecule has 0 unspecified atom stereocenters. The number of hydrogen-bond acceptors (Lipinski definition) is 3. The molecule has 22 heavy (non-hydrogen) atoms. The van der Waals surface area contributed by atoms with Gasteiger partial charge >= 0.3 is 0 Å². The van der Waals surface area contributed by atoms with Crippen molar-refractivity contribution >= 4 is 23.4 Å². The van der Waals surface area contributed by atoms with Gasteiger partial charge in [0.15, 0.2) is 0 Å². The van der Waals surface area contributed by atoms with E-state index in [2.05, 4.69) is 16.0 Å². The molecule has 0 heterocycles. The lowest BCUT2D eigenvalue weighted by Gasteiger charge is -2.09. The molecule has 0 aliphatic heterocycles. The van der Waals surface area contributed by atoms with Crippen molar-refractivity contribution in [3.8, 4) is 0 Å². The molecule has 1 aromatic carbocycles. The molecule has 1 aromatic rings. The van der Waals surface area contributed by atoms with E-state index in [9.17, 15) is 14.4 Å². The van der Waals surface area contributed by atoms with E-state index in [0.29, 0.717) is 11.3 Å². The molecule has 2 rings (SSSR count). The van der Waals surface area contributed by atoms with Crippen molar-refractivity contribution in [1.82, 2.24) is 10.6 Å². The van der Waals surface area contributed by atoms with Gasteiger partial charge in [-0.2, -0.15) is 0 Å². The van der Waals surface area contributed by atoms with Crippen molar-refractivity contribution in [1.29, 1.82) is 0 Å². The number of rotatable bonds is 6. The Labute approximate surface area is 129 Å². The van der Waals surface area contributed by atoms with Gasteiger partial charge in [-0.1, -0.05) is 0 Å². The Kier molecular flexibility index (Phi) is 5.14. The molecule has 1 fully saturated rings. The highest BCUT2D eigenvalue weighted by Crippen LogP contribution is 2.30. The summed E-state index contributed by atoms with van der Waals surface area (Å²) in [6.45, 7) is 3.65. The quantitative estimate of drug-likeness (QED) is 0.740. The monoisotopic (exact) mass is 303 g/mol. The largest absolute Gasteiger partial charge is 0.352 e. The molecule has 3 amide bonds. The number of anilines is 1. The Balaban J connectivity index is 1.82. The van der Waals surface area contributed by atoms with Gasteiger partial charge in [0.2, 0.25) is 11.8 Å². The van der Waals surface area contributed by atoms with E-state index in [1.807, 2.05) is 13.8 Å². The zero-order valence-electron chi connectivity index (χ0n) is 12.8. The van der Waals surface area contributed by atoms with Crippen molar-refractivity contribution in [2.24, 2.45) is 5.92 Å². The van der Waals surface area contributed by atoms with Gasteiger partial charge in [0.05, 0.1) is 6.54 Å². The van der Waals surface area contributed by atoms with Gasteiger partial charge in [-0.25, -0.2) is 0 Å². The van der Waals surface area contributed by atoms with Gasteiger partial charge in [-0.15, -0.1) is 0 Å². The van der Waals surface area contributed by atoms with Crippen LogP contribution in [0.25, 0.3) is 0 Å². The minimum Gasteiger partial charge on any atom is -0.352 e. The molecule has 6 heteroatoms. The van der Waals surface area contributed by atoms with Crippen LogP contribution in [0.1, 0.15) is 37.0 Å². The standard InChI is InChI=1S/C16H21N3O3/c1-10(2)18-14(20)9-17-15(21)11-5-7-13(8-6-11)19-16(22)12-3-4-12/h5-8,10,12H,3-4,9H2,1-2H3,(H,17,21)(H,18,20)(H,19,22). The zero-order chi connectivity index (χ0) is 16.1. The second-order valence-corrected chi connectivity index (χ2v) is 5.75. The summed E-state index contributed by atoms with van der Waals surface area (Å²) in [6, 6.07) is 6.65. The zero-order valence-corrected chi connectivity index (χ0v) is 12.8. The predicted octanol–water partition coefficient (Wildman–Crippen LogP) is 1.29. The molecule has 3 N–H and O–H groups in total. The first-order chi connectivity index (χ1) is 10.5. The number of amides is 3. The Hall–Kier alpha value is -2.37. The van der Waals surface area contributed by atoms with Gasteiger partial charge in [0, 0.05) is 23.2 Å². The SMILES string of the molecule is CC(C)NC(=O)CNC(=O)c1ccc(NC(=O)C2CC2)cc1. The fourth-order valence-corrected chi connectivity index (χ4v) is 1.93. The Morgan fingerprint density at radius 2 is 1.77 bits per heavy atom. The molecule has 0 aromatic heterocycles. The average molecular weight is 303 g/mol. The number of hydrogen-bond donors (Lipinski definition) is 3. The van der Waals surface area contributed by atoms with Gasteiger partial charge in [-0.05, 0) is 51.0 Å². The van der Waals surface area contributed by atoms with Crippen LogP contribution in [0.15, 0.2) is 24.3 Å². The second kappa shape index (κ2) is 7.06. The normalized spacial score (nSPS) is 13.6. The number of carbonyl (C=O) groups is 3. The van der Waals surface area contributed by atoms with Crippen LogP contribution in [0.5, 0.6) is 0 Å². The fraction of sp³-hybridized carbons (Fsp3) is 0.438. The van der Waals surface area contributed by atoms with E-state index in [-0.39, 0.29) is 36.2 Å². The minimum atomic E-state index is -0.320. The first-order valence-electron chi connectivity index (χ1n) is 7.44. The number of nitrogens with one attached hydrogen (secondary N) is 3. The van der Waals surface area contributed by atoms with Gasteiger partial charge < -0.3 is 16.0 Å². The maximum absolute atomic E-state index is 11.9. The van der Waals surface area contributed by atoms with Crippen molar-refractivity contribution in [2.45, 2.75) is 32.7 Å². The van der Waals surface area contributed by atoms with Crippen molar-refractivity contribution in [3.63, 3.8) is 0 Å². The maximum atomic E-state index is 11.9. The van der Waals surface area contributed by atoms with Gasteiger partial charge in [-0.3, -0.25) is 14.4 Å². The van der Waals surface area contributed by atoms with Crippen LogP contribution in [-0.4, -0.2) is 30.3 Å². The second-order valence-electron chi connectivity index (χ2n) is 5.75. The Morgan fingerprint density at radius 3 is 2.32 bits per heavy atom. The minimum absolute atomic E-state index is 0.0301. The summed E-state index contributed by atoms with van der Waals surface area (Å²) < 4.78 is 0. The lowest BCUT2D eigenvalue weighted by molar-refractivity contribution is -0.120. The molecule has 6 nitrogen and oxygen atoms in total. The third-order valence-corrected chi connectivity index (χ3v) is 3.22. The van der Waals surface area contributed by atoms with Crippen molar-refractivity contribution in [3.05, 3.63) is 29.8 Å². The molecule has 0 radical (unpaired) electrons. The lowest BCUT2D eigenvalue weighted by Crippen LogP contribution is -2.39. The highest BCUT2D eigenvalue weighted by atomic mass is 16.2. The molecule has 0 saturated heterocycles. The summed E-state index contributed by atoms with van der Waals surface area (Å²) in [4.78, 5) is 35.0. The summed E-state index contributed by atoms with van der Waals surface area (Å²) >= 11 is 0. The average Bonchev–Trinajstić information content (AvgIpc) is 3.29. The van der Waals surface area contributed by atoms with E-state index >= 15 is 0 Å². The highest BCUT2D eigenvalue weighted by Gasteiger charge is 2.29. The first-order valence-corrected chi connectivity index (χ1v) is 7.44. The summed E-state index contributed by atoms with van der Waals surface area (Å²) in [5, 5.41) is 8.06. The lowest BCUT2D eigenvalue weighted by atomic mass is 10.2. The molecule has 0 bridgehead atoms. The summed E-state index contributed by atoms with van der Waals surface area (Å²) in [5.41, 5.74) is 1.12. The van der Waals surface area contributed by atoms with E-state index in [0.717, 1.165) is 12.8 Å². The molecule has 0 spiro atoms. The van der Waals surface area contributed by atoms with Crippen LogP contribution in [-0.2, 0) is 9.59 Å². The van der Waals surface area contributed by atoms with E-state index < -0.39 is 0 Å². The third kappa shape index (κ3) is 4.87. The van der Waals surface area contributed by atoms with Crippen LogP contribution >= 0.6 is 0 Å². The molecule has 1 aliphatic carbocycles. The topological polar surface area (TPSA) is 87.3 Å². The molecule has 1 saturated carbocycles. The summed E-state index contributed by atoms with van der Waals surface area (Å²) in [6.07, 6.45) is 1.90. The summed E-state index contributed by atoms with van der Waals surface area (Å²) in [5.74, 6) is -0.374. The van der Waals surface area contributed by atoms with Crippen LogP contribution in [0, 0.1) is 5.92 Å². The van der Waals surface area contributed by atoms with E-state index in [4.69, 9.17) is 0 Å². The maximum Gasteiger partial charge on any atom is 0.251 e. The molecule has 118 valence electrons. The van der Waals surface area contributed by atoms with Crippen LogP contribution in [0.3, 0.4) is 0 Å². The van der Waals surface area contributed by atoms with Crippen LogP contribution < -0.4 is 16.0 Å². The first kappa shape index (κ1) is 16.0. The van der Waals surface area contributed by atoms with Crippen LogP contribution in [0.2, 0.25) is 0 Å². The number of carbonyl (C=O) groups excluding carboxylic acids is 3. The van der Waals surface area contributed by atoms with Gasteiger partial charge in [0.25, 0.3) is 5.91 Å². The van der Waals surface area contributed by atoms with Crippen molar-refractivity contribution < 1.29 is 14.4 Å².